The predicted molar refractivity (Wildman–Crippen MR) is 49.3 cm³/mol. The van der Waals surface area contributed by atoms with Gasteiger partial charge in [-0.15, -0.1) is 0 Å². The summed E-state index contributed by atoms with van der Waals surface area (Å²) in [5, 5.41) is 13.1. The summed E-state index contributed by atoms with van der Waals surface area (Å²) in [6, 6.07) is 7.79. The SMILES string of the molecule is Cc1ccc(NCCC(=O)[O-])cc1.[Na+]. The first-order valence-electron chi connectivity index (χ1n) is 4.19. The zero-order chi connectivity index (χ0) is 9.68. The van der Waals surface area contributed by atoms with E-state index in [1.54, 1.807) is 0 Å². The Hall–Kier alpha value is -0.510. The molecule has 3 nitrogen and oxygen atoms in total. The van der Waals surface area contributed by atoms with Gasteiger partial charge in [0.2, 0.25) is 0 Å². The third kappa shape index (κ3) is 5.27. The minimum atomic E-state index is -1.03. The van der Waals surface area contributed by atoms with E-state index in [4.69, 9.17) is 0 Å². The number of hydrogen-bond donors (Lipinski definition) is 1. The Morgan fingerprint density at radius 3 is 2.43 bits per heavy atom. The van der Waals surface area contributed by atoms with Gasteiger partial charge in [0.1, 0.15) is 0 Å². The van der Waals surface area contributed by atoms with E-state index in [-0.39, 0.29) is 36.0 Å². The van der Waals surface area contributed by atoms with Crippen LogP contribution in [0.15, 0.2) is 24.3 Å². The monoisotopic (exact) mass is 201 g/mol. The van der Waals surface area contributed by atoms with Crippen LogP contribution in [-0.2, 0) is 4.79 Å². The number of hydrogen-bond acceptors (Lipinski definition) is 3. The Labute approximate surface area is 106 Å². The molecule has 0 fully saturated rings. The van der Waals surface area contributed by atoms with Crippen LogP contribution in [0.5, 0.6) is 0 Å². The molecule has 0 saturated carbocycles. The fraction of sp³-hybridized carbons (Fsp3) is 0.300. The fourth-order valence-electron chi connectivity index (χ4n) is 0.980. The molecular weight excluding hydrogens is 189 g/mol. The van der Waals surface area contributed by atoms with Crippen LogP contribution >= 0.6 is 0 Å². The fourth-order valence-corrected chi connectivity index (χ4v) is 0.980. The van der Waals surface area contributed by atoms with Crippen LogP contribution in [0.25, 0.3) is 0 Å². The zero-order valence-corrected chi connectivity index (χ0v) is 10.5. The molecule has 1 N–H and O–H groups in total. The van der Waals surface area contributed by atoms with E-state index in [9.17, 15) is 9.90 Å². The van der Waals surface area contributed by atoms with Gasteiger partial charge in [0.05, 0.1) is 0 Å². The van der Waals surface area contributed by atoms with Crippen LogP contribution in [0.4, 0.5) is 5.69 Å². The standard InChI is InChI=1S/C10H13NO2.Na/c1-8-2-4-9(5-3-8)11-7-6-10(12)13;/h2-5,11H,6-7H2,1H3,(H,12,13);/q;+1/p-1. The first-order chi connectivity index (χ1) is 6.18. The van der Waals surface area contributed by atoms with E-state index >= 15 is 0 Å². The van der Waals surface area contributed by atoms with Crippen LogP contribution in [0, 0.1) is 6.92 Å². The molecule has 0 amide bonds. The second-order valence-electron chi connectivity index (χ2n) is 2.91. The van der Waals surface area contributed by atoms with Gasteiger partial charge in [-0.05, 0) is 19.1 Å². The molecule has 0 unspecified atom stereocenters. The number of carboxylic acid groups (broad SMARTS) is 1. The molecule has 0 aliphatic carbocycles. The first kappa shape index (κ1) is 13.5. The molecule has 0 radical (unpaired) electrons. The number of nitrogens with one attached hydrogen (secondary N) is 1. The average Bonchev–Trinajstić information content (AvgIpc) is 2.08. The number of carboxylic acids is 1. The first-order valence-corrected chi connectivity index (χ1v) is 4.19. The minimum absolute atomic E-state index is 0. The van der Waals surface area contributed by atoms with Gasteiger partial charge in [0.25, 0.3) is 0 Å². The van der Waals surface area contributed by atoms with E-state index in [0.717, 1.165) is 5.69 Å². The second kappa shape index (κ2) is 6.87. The smallest absolute Gasteiger partial charge is 0.550 e. The summed E-state index contributed by atoms with van der Waals surface area (Å²) in [5.41, 5.74) is 2.12. The maximum absolute atomic E-state index is 10.1. The van der Waals surface area contributed by atoms with Gasteiger partial charge in [0, 0.05) is 24.6 Å². The van der Waals surface area contributed by atoms with Crippen molar-refractivity contribution in [2.75, 3.05) is 11.9 Å². The van der Waals surface area contributed by atoms with E-state index in [2.05, 4.69) is 5.32 Å². The van der Waals surface area contributed by atoms with E-state index in [1.807, 2.05) is 31.2 Å². The molecule has 14 heavy (non-hydrogen) atoms. The summed E-state index contributed by atoms with van der Waals surface area (Å²) in [4.78, 5) is 10.1. The molecule has 0 heterocycles. The topological polar surface area (TPSA) is 52.2 Å². The Bertz CT molecular complexity index is 285. The molecule has 1 rings (SSSR count). The van der Waals surface area contributed by atoms with Crippen molar-refractivity contribution in [3.8, 4) is 0 Å². The summed E-state index contributed by atoms with van der Waals surface area (Å²) < 4.78 is 0. The van der Waals surface area contributed by atoms with E-state index in [1.165, 1.54) is 5.56 Å². The summed E-state index contributed by atoms with van der Waals surface area (Å²) in [7, 11) is 0. The molecule has 4 heteroatoms. The van der Waals surface area contributed by atoms with Crippen molar-refractivity contribution >= 4 is 11.7 Å². The molecular formula is C10H12NNaO2. The molecule has 0 aromatic heterocycles. The van der Waals surface area contributed by atoms with Gasteiger partial charge in [-0.3, -0.25) is 0 Å². The van der Waals surface area contributed by atoms with Crippen LogP contribution in [0.1, 0.15) is 12.0 Å². The van der Waals surface area contributed by atoms with Crippen molar-refractivity contribution in [2.45, 2.75) is 13.3 Å². The number of rotatable bonds is 4. The van der Waals surface area contributed by atoms with Crippen molar-refractivity contribution in [3.05, 3.63) is 29.8 Å². The van der Waals surface area contributed by atoms with Gasteiger partial charge < -0.3 is 15.2 Å². The van der Waals surface area contributed by atoms with Crippen LogP contribution < -0.4 is 40.0 Å². The van der Waals surface area contributed by atoms with Crippen molar-refractivity contribution in [2.24, 2.45) is 0 Å². The minimum Gasteiger partial charge on any atom is -0.550 e. The molecule has 0 aliphatic heterocycles. The molecule has 0 spiro atoms. The van der Waals surface area contributed by atoms with E-state index in [0.29, 0.717) is 6.54 Å². The van der Waals surface area contributed by atoms with Crippen molar-refractivity contribution < 1.29 is 39.5 Å². The average molecular weight is 201 g/mol. The summed E-state index contributed by atoms with van der Waals surface area (Å²) in [5.74, 6) is -1.03. The quantitative estimate of drug-likeness (QED) is 0.550. The molecule has 1 aromatic rings. The van der Waals surface area contributed by atoms with Crippen molar-refractivity contribution in [1.29, 1.82) is 0 Å². The van der Waals surface area contributed by atoms with Crippen LogP contribution in [-0.4, -0.2) is 12.5 Å². The Morgan fingerprint density at radius 2 is 1.93 bits per heavy atom. The summed E-state index contributed by atoms with van der Waals surface area (Å²) in [6.07, 6.45) is 0.0356. The van der Waals surface area contributed by atoms with Gasteiger partial charge in [-0.1, -0.05) is 17.7 Å². The predicted octanol–water partition coefficient (Wildman–Crippen LogP) is -2.45. The molecule has 0 atom stereocenters. The van der Waals surface area contributed by atoms with Gasteiger partial charge in [-0.25, -0.2) is 0 Å². The maximum atomic E-state index is 10.1. The number of anilines is 1. The number of aryl methyl sites for hydroxylation is 1. The number of carbonyl (C=O) groups excluding carboxylic acids is 1. The molecule has 0 saturated heterocycles. The van der Waals surface area contributed by atoms with Gasteiger partial charge in [-0.2, -0.15) is 0 Å². The summed E-state index contributed by atoms with van der Waals surface area (Å²) >= 11 is 0. The van der Waals surface area contributed by atoms with Gasteiger partial charge in [0.15, 0.2) is 0 Å². The molecule has 0 bridgehead atoms. The normalized spacial score (nSPS) is 8.93. The zero-order valence-electron chi connectivity index (χ0n) is 8.54. The van der Waals surface area contributed by atoms with E-state index < -0.39 is 5.97 Å². The third-order valence-electron chi connectivity index (χ3n) is 1.71. The van der Waals surface area contributed by atoms with Crippen LogP contribution in [0.3, 0.4) is 0 Å². The Kier molecular flexibility index (Phi) is 6.62. The number of carbonyl (C=O) groups is 1. The number of aliphatic carboxylic acids is 1. The van der Waals surface area contributed by atoms with Crippen molar-refractivity contribution in [1.82, 2.24) is 0 Å². The Morgan fingerprint density at radius 1 is 1.36 bits per heavy atom. The largest absolute Gasteiger partial charge is 1.00 e. The van der Waals surface area contributed by atoms with Crippen molar-refractivity contribution in [3.63, 3.8) is 0 Å². The maximum Gasteiger partial charge on any atom is 1.00 e. The van der Waals surface area contributed by atoms with Crippen LogP contribution in [0.2, 0.25) is 0 Å². The number of benzene rings is 1. The molecule has 0 aliphatic rings. The molecule has 1 aromatic carbocycles. The summed E-state index contributed by atoms with van der Waals surface area (Å²) in [6.45, 7) is 2.41. The second-order valence-corrected chi connectivity index (χ2v) is 2.91. The Balaban J connectivity index is 0.00000169. The van der Waals surface area contributed by atoms with Gasteiger partial charge >= 0.3 is 29.6 Å². The molecule has 70 valence electrons. The third-order valence-corrected chi connectivity index (χ3v) is 1.71.